The van der Waals surface area contributed by atoms with Crippen molar-refractivity contribution in [3.63, 3.8) is 0 Å². The molecular formula is C64H38N8. The minimum atomic E-state index is 0.516. The number of hydrogen-bond acceptors (Lipinski definition) is 6. The van der Waals surface area contributed by atoms with Gasteiger partial charge in [-0.25, -0.2) is 9.97 Å². The number of nitrogens with zero attached hydrogens (tertiary/aromatic N) is 8. The summed E-state index contributed by atoms with van der Waals surface area (Å²) >= 11 is 0. The van der Waals surface area contributed by atoms with Crippen LogP contribution in [0.3, 0.4) is 0 Å². The van der Waals surface area contributed by atoms with Crippen LogP contribution in [0.2, 0.25) is 0 Å². The molecule has 8 nitrogen and oxygen atoms in total. The monoisotopic (exact) mass is 918 g/mol. The molecule has 0 aliphatic rings. The summed E-state index contributed by atoms with van der Waals surface area (Å²) in [6, 6.07) is 80.7. The largest absolute Gasteiger partial charge is 0.278 e. The summed E-state index contributed by atoms with van der Waals surface area (Å²) in [6.07, 6.45) is 0. The quantitative estimate of drug-likeness (QED) is 0.165. The molecule has 0 saturated carbocycles. The molecule has 0 amide bonds. The van der Waals surface area contributed by atoms with Crippen molar-refractivity contribution in [3.05, 3.63) is 231 Å². The van der Waals surface area contributed by atoms with Gasteiger partial charge in [0.2, 0.25) is 11.9 Å². The van der Waals surface area contributed by atoms with Crippen LogP contribution in [0.4, 0.5) is 0 Å². The number of aromatic nitrogens is 8. The fraction of sp³-hybridized carbons (Fsp3) is 0. The molecule has 15 rings (SSSR count). The van der Waals surface area contributed by atoms with Crippen molar-refractivity contribution in [2.75, 3.05) is 0 Å². The standard InChI is InChI=1S/C64H38N8/c1-5-17-43-35-47(29-25-39(43)13-1)59-65-60(48-30-26-40-14-2-6-18-44(40)36-48)68-63(67-59)71-55-24-12-10-22-53(55)57-56(71)34-33-52-51-21-9-11-23-54(51)72(58(52)57)64-69-61(49-31-27-41-15-3-7-19-45(41)37-49)66-62(70-64)50-32-28-42-16-4-8-20-46(42)38-50/h1-38H. The molecule has 0 unspecified atom stereocenters. The molecule has 334 valence electrons. The van der Waals surface area contributed by atoms with E-state index >= 15 is 0 Å². The Balaban J connectivity index is 1.02. The van der Waals surface area contributed by atoms with Crippen LogP contribution in [-0.4, -0.2) is 39.0 Å². The molecule has 0 N–H and O–H groups in total. The first kappa shape index (κ1) is 40.0. The molecule has 0 atom stereocenters. The molecule has 0 bridgehead atoms. The molecule has 0 saturated heterocycles. The van der Waals surface area contributed by atoms with Gasteiger partial charge in [-0.15, -0.1) is 0 Å². The van der Waals surface area contributed by atoms with Crippen LogP contribution < -0.4 is 0 Å². The van der Waals surface area contributed by atoms with Gasteiger partial charge in [-0.1, -0.05) is 188 Å². The Morgan fingerprint density at radius 1 is 0.236 bits per heavy atom. The van der Waals surface area contributed by atoms with Crippen molar-refractivity contribution in [2.24, 2.45) is 0 Å². The van der Waals surface area contributed by atoms with Gasteiger partial charge < -0.3 is 0 Å². The third-order valence-corrected chi connectivity index (χ3v) is 14.1. The molecular weight excluding hydrogens is 881 g/mol. The SMILES string of the molecule is c1ccc2cc(-c3nc(-c4ccc5ccccc5c4)nc(-n4c5ccccc5c5c4ccc4c6ccccc6n(-c6nc(-c7ccc8ccccc8c7)nc(-c7ccc8ccccc8c7)n6)c45)n3)ccc2c1. The highest BCUT2D eigenvalue weighted by molar-refractivity contribution is 6.26. The summed E-state index contributed by atoms with van der Waals surface area (Å²) < 4.78 is 4.42. The molecule has 0 spiro atoms. The van der Waals surface area contributed by atoms with E-state index < -0.39 is 0 Å². The summed E-state index contributed by atoms with van der Waals surface area (Å²) in [5.41, 5.74) is 7.47. The van der Waals surface area contributed by atoms with Crippen molar-refractivity contribution in [3.8, 4) is 57.4 Å². The van der Waals surface area contributed by atoms with Gasteiger partial charge >= 0.3 is 0 Å². The Morgan fingerprint density at radius 2 is 0.583 bits per heavy atom. The first-order chi connectivity index (χ1) is 35.6. The van der Waals surface area contributed by atoms with Crippen LogP contribution in [0.5, 0.6) is 0 Å². The normalized spacial score (nSPS) is 11.9. The molecule has 4 aromatic heterocycles. The summed E-state index contributed by atoms with van der Waals surface area (Å²) in [5.74, 6) is 3.38. The average molecular weight is 919 g/mol. The van der Waals surface area contributed by atoms with Gasteiger partial charge in [0, 0.05) is 43.8 Å². The Morgan fingerprint density at radius 3 is 1.01 bits per heavy atom. The van der Waals surface area contributed by atoms with Crippen LogP contribution in [0.25, 0.3) is 144 Å². The first-order valence-electron chi connectivity index (χ1n) is 24.1. The van der Waals surface area contributed by atoms with E-state index in [1.807, 2.05) is 0 Å². The molecule has 0 aliphatic carbocycles. The van der Waals surface area contributed by atoms with Crippen LogP contribution in [0.15, 0.2) is 231 Å². The van der Waals surface area contributed by atoms with E-state index in [0.717, 1.165) is 109 Å². The molecule has 72 heavy (non-hydrogen) atoms. The lowest BCUT2D eigenvalue weighted by atomic mass is 10.1. The zero-order chi connectivity index (χ0) is 47.3. The van der Waals surface area contributed by atoms with Gasteiger partial charge in [-0.05, 0) is 85.6 Å². The zero-order valence-corrected chi connectivity index (χ0v) is 38.5. The van der Waals surface area contributed by atoms with E-state index in [0.29, 0.717) is 35.2 Å². The molecule has 0 radical (unpaired) electrons. The number of benzene rings is 11. The highest BCUT2D eigenvalue weighted by Gasteiger charge is 2.25. The van der Waals surface area contributed by atoms with Gasteiger partial charge in [0.05, 0.1) is 22.1 Å². The Kier molecular flexibility index (Phi) is 8.79. The number of fused-ring (bicyclic) bond motifs is 11. The lowest BCUT2D eigenvalue weighted by Crippen LogP contribution is -2.07. The third kappa shape index (κ3) is 6.40. The van der Waals surface area contributed by atoms with Gasteiger partial charge in [0.1, 0.15) is 0 Å². The predicted octanol–water partition coefficient (Wildman–Crippen LogP) is 15.5. The minimum Gasteiger partial charge on any atom is -0.278 e. The van der Waals surface area contributed by atoms with Crippen molar-refractivity contribution >= 4 is 86.7 Å². The van der Waals surface area contributed by atoms with Gasteiger partial charge in [0.15, 0.2) is 23.3 Å². The van der Waals surface area contributed by atoms with E-state index in [9.17, 15) is 0 Å². The molecule has 0 aliphatic heterocycles. The highest BCUT2D eigenvalue weighted by Crippen LogP contribution is 2.42. The Hall–Kier alpha value is -9.92. The van der Waals surface area contributed by atoms with E-state index in [2.05, 4.69) is 240 Å². The Bertz CT molecular complexity index is 4530. The predicted molar refractivity (Wildman–Crippen MR) is 294 cm³/mol. The fourth-order valence-corrected chi connectivity index (χ4v) is 10.7. The summed E-state index contributed by atoms with van der Waals surface area (Å²) in [7, 11) is 0. The van der Waals surface area contributed by atoms with Crippen LogP contribution in [0.1, 0.15) is 0 Å². The minimum absolute atomic E-state index is 0.516. The van der Waals surface area contributed by atoms with Crippen molar-refractivity contribution in [1.82, 2.24) is 39.0 Å². The van der Waals surface area contributed by atoms with E-state index in [1.54, 1.807) is 0 Å². The Labute approximate surface area is 411 Å². The lowest BCUT2D eigenvalue weighted by Gasteiger charge is -2.13. The van der Waals surface area contributed by atoms with Crippen molar-refractivity contribution < 1.29 is 0 Å². The summed E-state index contributed by atoms with van der Waals surface area (Å²) in [6.45, 7) is 0. The molecule has 11 aromatic carbocycles. The zero-order valence-electron chi connectivity index (χ0n) is 38.5. The first-order valence-corrected chi connectivity index (χ1v) is 24.1. The molecule has 8 heteroatoms. The highest BCUT2D eigenvalue weighted by atomic mass is 15.2. The van der Waals surface area contributed by atoms with Crippen LogP contribution in [0, 0.1) is 0 Å². The third-order valence-electron chi connectivity index (χ3n) is 14.1. The van der Waals surface area contributed by atoms with E-state index in [4.69, 9.17) is 29.9 Å². The number of hydrogen-bond donors (Lipinski definition) is 0. The second-order valence-electron chi connectivity index (χ2n) is 18.4. The van der Waals surface area contributed by atoms with Gasteiger partial charge in [-0.3, -0.25) is 9.13 Å². The number of para-hydroxylation sites is 2. The van der Waals surface area contributed by atoms with E-state index in [1.165, 1.54) is 0 Å². The van der Waals surface area contributed by atoms with Crippen molar-refractivity contribution in [1.29, 1.82) is 0 Å². The maximum atomic E-state index is 5.43. The lowest BCUT2D eigenvalue weighted by molar-refractivity contribution is 0.952. The van der Waals surface area contributed by atoms with Gasteiger partial charge in [-0.2, -0.15) is 19.9 Å². The smallest absolute Gasteiger partial charge is 0.238 e. The molecule has 4 heterocycles. The molecule has 15 aromatic rings. The second kappa shape index (κ2) is 15.8. The summed E-state index contributed by atoms with van der Waals surface area (Å²) in [4.78, 5) is 32.1. The van der Waals surface area contributed by atoms with E-state index in [-0.39, 0.29) is 0 Å². The maximum Gasteiger partial charge on any atom is 0.238 e. The van der Waals surface area contributed by atoms with Crippen LogP contribution >= 0.6 is 0 Å². The topological polar surface area (TPSA) is 87.2 Å². The van der Waals surface area contributed by atoms with Crippen molar-refractivity contribution in [2.45, 2.75) is 0 Å². The number of rotatable bonds is 6. The second-order valence-corrected chi connectivity index (χ2v) is 18.4. The van der Waals surface area contributed by atoms with Gasteiger partial charge in [0.25, 0.3) is 0 Å². The van der Waals surface area contributed by atoms with Crippen LogP contribution in [-0.2, 0) is 0 Å². The fourth-order valence-electron chi connectivity index (χ4n) is 10.7. The molecule has 0 fully saturated rings. The average Bonchev–Trinajstić information content (AvgIpc) is 3.97. The summed E-state index contributed by atoms with van der Waals surface area (Å²) in [5, 5.41) is 13.3. The maximum absolute atomic E-state index is 5.43.